The first-order chi connectivity index (χ1) is 12.4. The largest absolute Gasteiger partial charge is 0.324 e. The lowest BCUT2D eigenvalue weighted by Gasteiger charge is -2.18. The third kappa shape index (κ3) is 6.85. The third-order valence-corrected chi connectivity index (χ3v) is 4.42. The number of nitrogens with zero attached hydrogens (tertiary/aromatic N) is 1. The van der Waals surface area contributed by atoms with Gasteiger partial charge >= 0.3 is 0 Å². The maximum Gasteiger partial charge on any atom is 0.238 e. The molecule has 0 aliphatic rings. The van der Waals surface area contributed by atoms with Crippen molar-refractivity contribution < 1.29 is 4.79 Å². The van der Waals surface area contributed by atoms with Crippen LogP contribution in [0.1, 0.15) is 36.1 Å². The molecule has 2 rings (SSSR count). The zero-order valence-corrected chi connectivity index (χ0v) is 16.8. The van der Waals surface area contributed by atoms with Crippen molar-refractivity contribution in [1.82, 2.24) is 4.90 Å². The van der Waals surface area contributed by atoms with Crippen LogP contribution in [0.15, 0.2) is 49.0 Å². The van der Waals surface area contributed by atoms with Crippen molar-refractivity contribution in [3.8, 4) is 0 Å². The Morgan fingerprint density at radius 3 is 1.96 bits per heavy atom. The number of hydrogen-bond acceptors (Lipinski definition) is 2. The van der Waals surface area contributed by atoms with E-state index in [9.17, 15) is 4.79 Å². The monoisotopic (exact) mass is 352 g/mol. The molecule has 2 aromatic carbocycles. The molecule has 0 saturated carbocycles. The molecule has 0 fully saturated rings. The topological polar surface area (TPSA) is 32.3 Å². The zero-order valence-electron chi connectivity index (χ0n) is 16.8. The van der Waals surface area contributed by atoms with E-state index in [-0.39, 0.29) is 5.91 Å². The average Bonchev–Trinajstić information content (AvgIpc) is 2.64. The maximum absolute atomic E-state index is 11.9. The lowest BCUT2D eigenvalue weighted by atomic mass is 10.1. The quantitative estimate of drug-likeness (QED) is 0.773. The number of nitrogens with one attached hydrogen (secondary N) is 1. The minimum atomic E-state index is 0.0612. The molecular formula is C23H32N2O. The van der Waals surface area contributed by atoms with Crippen molar-refractivity contribution in [2.45, 2.75) is 34.6 Å². The van der Waals surface area contributed by atoms with Crippen molar-refractivity contribution in [1.29, 1.82) is 0 Å². The molecular weight excluding hydrogens is 320 g/mol. The molecule has 140 valence electrons. The zero-order chi connectivity index (χ0) is 19.5. The summed E-state index contributed by atoms with van der Waals surface area (Å²) in [5.41, 5.74) is 5.67. The van der Waals surface area contributed by atoms with Gasteiger partial charge in [-0.05, 0) is 56.1 Å². The van der Waals surface area contributed by atoms with Gasteiger partial charge in [-0.25, -0.2) is 0 Å². The van der Waals surface area contributed by atoms with Gasteiger partial charge < -0.3 is 5.32 Å². The Balaban J connectivity index is 0.000000314. The van der Waals surface area contributed by atoms with Crippen molar-refractivity contribution in [3.05, 3.63) is 71.3 Å². The van der Waals surface area contributed by atoms with Gasteiger partial charge in [-0.1, -0.05) is 69.0 Å². The van der Waals surface area contributed by atoms with Gasteiger partial charge in [-0.3, -0.25) is 9.69 Å². The van der Waals surface area contributed by atoms with E-state index in [4.69, 9.17) is 0 Å². The smallest absolute Gasteiger partial charge is 0.238 e. The molecule has 3 nitrogen and oxygen atoms in total. The van der Waals surface area contributed by atoms with Gasteiger partial charge in [-0.2, -0.15) is 0 Å². The van der Waals surface area contributed by atoms with E-state index in [1.54, 1.807) is 0 Å². The molecule has 0 saturated heterocycles. The summed E-state index contributed by atoms with van der Waals surface area (Å²) in [5.74, 6) is 0.0612. The molecule has 0 bridgehead atoms. The van der Waals surface area contributed by atoms with E-state index in [1.807, 2.05) is 50.3 Å². The number of likely N-dealkylation sites (N-methyl/N-ethyl adjacent to an activating group) is 1. The number of anilines is 1. The highest BCUT2D eigenvalue weighted by Crippen LogP contribution is 2.19. The van der Waals surface area contributed by atoms with Gasteiger partial charge in [-0.15, -0.1) is 0 Å². The fourth-order valence-corrected chi connectivity index (χ4v) is 2.66. The Morgan fingerprint density at radius 2 is 1.50 bits per heavy atom. The minimum absolute atomic E-state index is 0.0612. The summed E-state index contributed by atoms with van der Waals surface area (Å²) in [5, 5.41) is 3.00. The first-order valence-corrected chi connectivity index (χ1v) is 9.19. The number of carbonyl (C=O) groups is 1. The van der Waals surface area contributed by atoms with E-state index in [0.717, 1.165) is 29.9 Å². The van der Waals surface area contributed by atoms with Crippen LogP contribution in [0.5, 0.6) is 0 Å². The van der Waals surface area contributed by atoms with Gasteiger partial charge in [0.25, 0.3) is 0 Å². The molecule has 2 aromatic rings. The van der Waals surface area contributed by atoms with Crippen LogP contribution in [0.3, 0.4) is 0 Å². The Labute approximate surface area is 158 Å². The van der Waals surface area contributed by atoms with Crippen LogP contribution in [-0.4, -0.2) is 30.4 Å². The van der Waals surface area contributed by atoms with E-state index < -0.39 is 0 Å². The van der Waals surface area contributed by atoms with E-state index in [1.165, 1.54) is 11.1 Å². The van der Waals surface area contributed by atoms with Gasteiger partial charge in [0, 0.05) is 5.69 Å². The Morgan fingerprint density at radius 1 is 0.962 bits per heavy atom. The summed E-state index contributed by atoms with van der Waals surface area (Å²) < 4.78 is 0. The van der Waals surface area contributed by atoms with E-state index in [0.29, 0.717) is 6.54 Å². The molecule has 0 aromatic heterocycles. The summed E-state index contributed by atoms with van der Waals surface area (Å²) in [6, 6.07) is 14.2. The first kappa shape index (κ1) is 21.7. The molecule has 0 aliphatic heterocycles. The van der Waals surface area contributed by atoms with Crippen LogP contribution >= 0.6 is 0 Å². The highest BCUT2D eigenvalue weighted by atomic mass is 16.2. The van der Waals surface area contributed by atoms with Crippen LogP contribution in [-0.2, 0) is 4.79 Å². The van der Waals surface area contributed by atoms with Crippen LogP contribution in [0.2, 0.25) is 0 Å². The summed E-state index contributed by atoms with van der Waals surface area (Å²) >= 11 is 0. The van der Waals surface area contributed by atoms with Crippen LogP contribution in [0, 0.1) is 20.8 Å². The van der Waals surface area contributed by atoms with Gasteiger partial charge in [0.15, 0.2) is 0 Å². The summed E-state index contributed by atoms with van der Waals surface area (Å²) in [6.45, 7) is 16.2. The van der Waals surface area contributed by atoms with Gasteiger partial charge in [0.1, 0.15) is 0 Å². The molecule has 1 N–H and O–H groups in total. The lowest BCUT2D eigenvalue weighted by molar-refractivity contribution is -0.117. The molecule has 0 heterocycles. The molecule has 0 atom stereocenters. The molecule has 0 aliphatic carbocycles. The van der Waals surface area contributed by atoms with E-state index in [2.05, 4.69) is 49.7 Å². The SMILES string of the molecule is C=Cc1ccccc1C.CCN(CC)CC(=O)Nc1c(C)cccc1C. The van der Waals surface area contributed by atoms with Crippen LogP contribution in [0.4, 0.5) is 5.69 Å². The Kier molecular flexibility index (Phi) is 9.38. The fraction of sp³-hybridized carbons (Fsp3) is 0.348. The lowest BCUT2D eigenvalue weighted by Crippen LogP contribution is -2.33. The minimum Gasteiger partial charge on any atom is -0.324 e. The summed E-state index contributed by atoms with van der Waals surface area (Å²) in [7, 11) is 0. The number of rotatable bonds is 6. The number of carbonyl (C=O) groups excluding carboxylic acids is 1. The predicted molar refractivity (Wildman–Crippen MR) is 114 cm³/mol. The van der Waals surface area contributed by atoms with Crippen molar-refractivity contribution in [2.75, 3.05) is 25.0 Å². The number of para-hydroxylation sites is 1. The number of benzene rings is 2. The average molecular weight is 353 g/mol. The highest BCUT2D eigenvalue weighted by molar-refractivity contribution is 5.93. The van der Waals surface area contributed by atoms with E-state index >= 15 is 0 Å². The molecule has 1 amide bonds. The summed E-state index contributed by atoms with van der Waals surface area (Å²) in [4.78, 5) is 14.0. The second kappa shape index (κ2) is 11.3. The normalized spacial score (nSPS) is 10.1. The molecule has 0 spiro atoms. The first-order valence-electron chi connectivity index (χ1n) is 9.19. The van der Waals surface area contributed by atoms with Crippen LogP contribution < -0.4 is 5.32 Å². The van der Waals surface area contributed by atoms with Crippen molar-refractivity contribution >= 4 is 17.7 Å². The Bertz CT molecular complexity index is 698. The van der Waals surface area contributed by atoms with Crippen molar-refractivity contribution in [3.63, 3.8) is 0 Å². The van der Waals surface area contributed by atoms with Crippen molar-refractivity contribution in [2.24, 2.45) is 0 Å². The highest BCUT2D eigenvalue weighted by Gasteiger charge is 2.09. The summed E-state index contributed by atoms with van der Waals surface area (Å²) in [6.07, 6.45) is 1.87. The number of amides is 1. The molecule has 0 unspecified atom stereocenters. The standard InChI is InChI=1S/C14H22N2O.C9H10/c1-5-16(6-2)10-13(17)15-14-11(3)8-7-9-12(14)4;1-3-9-7-5-4-6-8(9)2/h7-9H,5-6,10H2,1-4H3,(H,15,17);3-7H,1H2,2H3. The van der Waals surface area contributed by atoms with Gasteiger partial charge in [0.2, 0.25) is 5.91 Å². The number of aryl methyl sites for hydroxylation is 3. The Hall–Kier alpha value is -2.39. The second-order valence-corrected chi connectivity index (χ2v) is 6.34. The molecule has 26 heavy (non-hydrogen) atoms. The van der Waals surface area contributed by atoms with Crippen LogP contribution in [0.25, 0.3) is 6.08 Å². The molecule has 3 heteroatoms. The third-order valence-electron chi connectivity index (χ3n) is 4.42. The van der Waals surface area contributed by atoms with Gasteiger partial charge in [0.05, 0.1) is 6.54 Å². The molecule has 0 radical (unpaired) electrons. The number of hydrogen-bond donors (Lipinski definition) is 1. The fourth-order valence-electron chi connectivity index (χ4n) is 2.66. The maximum atomic E-state index is 11.9. The predicted octanol–water partition coefficient (Wildman–Crippen LogP) is 5.22. The second-order valence-electron chi connectivity index (χ2n) is 6.34.